The van der Waals surface area contributed by atoms with Crippen LogP contribution < -0.4 is 0 Å². The van der Waals surface area contributed by atoms with Gasteiger partial charge in [0, 0.05) is 28.2 Å². The van der Waals surface area contributed by atoms with Crippen molar-refractivity contribution in [2.45, 2.75) is 6.92 Å². The van der Waals surface area contributed by atoms with E-state index in [1.54, 1.807) is 0 Å². The quantitative estimate of drug-likeness (QED) is 0.667. The Morgan fingerprint density at radius 2 is 1.79 bits per heavy atom. The third kappa shape index (κ3) is 2.10. The Bertz CT molecular complexity index is 448. The fourth-order valence-corrected chi connectivity index (χ4v) is 2.72. The van der Waals surface area contributed by atoms with Crippen LogP contribution in [0.1, 0.15) is 5.56 Å². The third-order valence-corrected chi connectivity index (χ3v) is 3.07. The maximum Gasteiger partial charge on any atom is 0.258 e. The Balaban J connectivity index is 2.49. The summed E-state index contributed by atoms with van der Waals surface area (Å²) in [6.45, 7) is 2.07. The third-order valence-electron chi connectivity index (χ3n) is 1.87. The smallest absolute Gasteiger partial charge is 0.258 e. The van der Waals surface area contributed by atoms with Crippen LogP contribution in [0.5, 0.6) is 0 Å². The van der Waals surface area contributed by atoms with Gasteiger partial charge in [-0.1, -0.05) is 29.8 Å². The van der Waals surface area contributed by atoms with Gasteiger partial charge < -0.3 is 4.42 Å². The average molecular weight is 411 g/mol. The lowest BCUT2D eigenvalue weighted by molar-refractivity contribution is 0.538. The Labute approximate surface area is 109 Å². The lowest BCUT2D eigenvalue weighted by Crippen LogP contribution is -1.78. The number of oxazole rings is 1. The largest absolute Gasteiger partial charge is 0.431 e. The van der Waals surface area contributed by atoms with Crippen LogP contribution >= 0.6 is 45.2 Å². The number of halogens is 2. The van der Waals surface area contributed by atoms with Crippen molar-refractivity contribution >= 4 is 45.2 Å². The van der Waals surface area contributed by atoms with Gasteiger partial charge in [-0.05, 0) is 29.5 Å². The van der Waals surface area contributed by atoms with Gasteiger partial charge in [0.2, 0.25) is 0 Å². The summed E-state index contributed by atoms with van der Waals surface area (Å²) in [4.78, 5) is 4.22. The molecule has 0 saturated carbocycles. The normalized spacial score (nSPS) is 10.5. The Morgan fingerprint density at radius 3 is 2.29 bits per heavy atom. The molecule has 0 fully saturated rings. The zero-order chi connectivity index (χ0) is 10.1. The molecular weight excluding hydrogens is 404 g/mol. The van der Waals surface area contributed by atoms with Gasteiger partial charge in [0.25, 0.3) is 3.90 Å². The van der Waals surface area contributed by atoms with Crippen LogP contribution in [0.25, 0.3) is 11.3 Å². The molecule has 0 spiro atoms. The first-order valence-corrected chi connectivity index (χ1v) is 6.21. The number of hydrogen-bond acceptors (Lipinski definition) is 2. The molecule has 0 amide bonds. The number of hydrogen-bond donors (Lipinski definition) is 0. The van der Waals surface area contributed by atoms with Gasteiger partial charge in [0.1, 0.15) is 3.70 Å². The number of nitrogens with zero attached hydrogens (tertiary/aromatic N) is 1. The summed E-state index contributed by atoms with van der Waals surface area (Å²) in [6.07, 6.45) is 0. The highest BCUT2D eigenvalue weighted by molar-refractivity contribution is 14.1. The van der Waals surface area contributed by atoms with Gasteiger partial charge in [0.15, 0.2) is 5.76 Å². The molecule has 0 aliphatic rings. The molecule has 72 valence electrons. The van der Waals surface area contributed by atoms with Crippen LogP contribution in [0.15, 0.2) is 28.7 Å². The van der Waals surface area contributed by atoms with Gasteiger partial charge in [-0.15, -0.1) is 0 Å². The molecule has 0 unspecified atom stereocenters. The summed E-state index contributed by atoms with van der Waals surface area (Å²) in [7, 11) is 0. The maximum atomic E-state index is 5.51. The number of aromatic nitrogens is 1. The highest BCUT2D eigenvalue weighted by Gasteiger charge is 2.10. The molecule has 2 rings (SSSR count). The van der Waals surface area contributed by atoms with E-state index in [0.717, 1.165) is 15.0 Å². The fraction of sp³-hybridized carbons (Fsp3) is 0.100. The first kappa shape index (κ1) is 10.4. The van der Waals surface area contributed by atoms with Crippen molar-refractivity contribution in [2.75, 3.05) is 0 Å². The zero-order valence-electron chi connectivity index (χ0n) is 7.42. The van der Waals surface area contributed by atoms with Crippen LogP contribution in [0.3, 0.4) is 0 Å². The van der Waals surface area contributed by atoms with Crippen LogP contribution in [-0.4, -0.2) is 4.98 Å². The van der Waals surface area contributed by atoms with Gasteiger partial charge >= 0.3 is 0 Å². The molecular formula is C10H7I2NO. The molecule has 0 N–H and O–H groups in total. The Kier molecular flexibility index (Phi) is 3.10. The van der Waals surface area contributed by atoms with E-state index < -0.39 is 0 Å². The summed E-state index contributed by atoms with van der Waals surface area (Å²) in [6, 6.07) is 8.24. The minimum Gasteiger partial charge on any atom is -0.431 e. The number of rotatable bonds is 1. The highest BCUT2D eigenvalue weighted by Crippen LogP contribution is 2.26. The van der Waals surface area contributed by atoms with Crippen molar-refractivity contribution in [3.8, 4) is 11.3 Å². The zero-order valence-corrected chi connectivity index (χ0v) is 11.7. The second-order valence-corrected chi connectivity index (χ2v) is 4.90. The van der Waals surface area contributed by atoms with Crippen molar-refractivity contribution < 1.29 is 4.42 Å². The molecule has 14 heavy (non-hydrogen) atoms. The maximum absolute atomic E-state index is 5.51. The van der Waals surface area contributed by atoms with Crippen molar-refractivity contribution in [1.29, 1.82) is 0 Å². The van der Waals surface area contributed by atoms with Gasteiger partial charge in [-0.2, -0.15) is 4.98 Å². The highest BCUT2D eigenvalue weighted by atomic mass is 127. The van der Waals surface area contributed by atoms with Crippen molar-refractivity contribution in [3.05, 3.63) is 37.4 Å². The molecule has 0 saturated heterocycles. The molecule has 1 aromatic heterocycles. The fourth-order valence-electron chi connectivity index (χ4n) is 1.16. The summed E-state index contributed by atoms with van der Waals surface area (Å²) in [5.41, 5.74) is 2.33. The predicted octanol–water partition coefficient (Wildman–Crippen LogP) is 3.86. The van der Waals surface area contributed by atoms with E-state index in [1.807, 2.05) is 12.1 Å². The van der Waals surface area contributed by atoms with Crippen LogP contribution in [0.2, 0.25) is 0 Å². The molecule has 2 nitrogen and oxygen atoms in total. The molecule has 0 aliphatic heterocycles. The molecule has 2 aromatic rings. The summed E-state index contributed by atoms with van der Waals surface area (Å²) in [5, 5.41) is 0. The number of benzene rings is 1. The van der Waals surface area contributed by atoms with Crippen LogP contribution in [-0.2, 0) is 0 Å². The first-order valence-electron chi connectivity index (χ1n) is 4.05. The minimum absolute atomic E-state index is 0.683. The summed E-state index contributed by atoms with van der Waals surface area (Å²) in [5.74, 6) is 0.856. The second-order valence-electron chi connectivity index (χ2n) is 2.95. The van der Waals surface area contributed by atoms with Crippen LogP contribution in [0.4, 0.5) is 0 Å². The van der Waals surface area contributed by atoms with E-state index in [4.69, 9.17) is 4.42 Å². The molecule has 4 heteroatoms. The van der Waals surface area contributed by atoms with Gasteiger partial charge in [0.05, 0.1) is 0 Å². The summed E-state index contributed by atoms with van der Waals surface area (Å²) < 4.78 is 7.10. The van der Waals surface area contributed by atoms with Gasteiger partial charge in [-0.3, -0.25) is 0 Å². The van der Waals surface area contributed by atoms with E-state index in [1.165, 1.54) is 5.56 Å². The lowest BCUT2D eigenvalue weighted by Gasteiger charge is -1.97. The minimum atomic E-state index is 0.683. The average Bonchev–Trinajstić information content (AvgIpc) is 2.47. The van der Waals surface area contributed by atoms with Crippen molar-refractivity contribution in [2.24, 2.45) is 0 Å². The van der Waals surface area contributed by atoms with E-state index in [9.17, 15) is 0 Å². The molecule has 1 aromatic carbocycles. The van der Waals surface area contributed by atoms with Crippen molar-refractivity contribution in [1.82, 2.24) is 4.98 Å². The van der Waals surface area contributed by atoms with E-state index in [0.29, 0.717) is 3.90 Å². The van der Waals surface area contributed by atoms with Gasteiger partial charge in [-0.25, -0.2) is 0 Å². The molecule has 0 aliphatic carbocycles. The van der Waals surface area contributed by atoms with E-state index in [2.05, 4.69) is 69.2 Å². The second kappa shape index (κ2) is 4.18. The lowest BCUT2D eigenvalue weighted by atomic mass is 10.1. The Hall–Kier alpha value is -0.110. The summed E-state index contributed by atoms with van der Waals surface area (Å²) >= 11 is 4.26. The monoisotopic (exact) mass is 411 g/mol. The topological polar surface area (TPSA) is 26.0 Å². The number of aryl methyl sites for hydroxylation is 1. The van der Waals surface area contributed by atoms with Crippen LogP contribution in [0, 0.1) is 14.5 Å². The van der Waals surface area contributed by atoms with Crippen molar-refractivity contribution in [3.63, 3.8) is 0 Å². The first-order chi connectivity index (χ1) is 6.66. The predicted molar refractivity (Wildman–Crippen MR) is 72.1 cm³/mol. The molecule has 0 bridgehead atoms. The molecule has 0 atom stereocenters. The molecule has 1 heterocycles. The molecule has 0 radical (unpaired) electrons. The standard InChI is InChI=1S/C10H7I2NO/c1-6-2-4-7(5-3-6)8-9(11)13-10(12)14-8/h2-5H,1H3. The van der Waals surface area contributed by atoms with E-state index >= 15 is 0 Å². The van der Waals surface area contributed by atoms with E-state index in [-0.39, 0.29) is 0 Å². The Morgan fingerprint density at radius 1 is 1.14 bits per heavy atom. The SMILES string of the molecule is Cc1ccc(-c2oc(I)nc2I)cc1.